The summed E-state index contributed by atoms with van der Waals surface area (Å²) in [7, 11) is 0. The van der Waals surface area contributed by atoms with Crippen LogP contribution in [0.5, 0.6) is 5.75 Å². The third-order valence-electron chi connectivity index (χ3n) is 2.64. The highest BCUT2D eigenvalue weighted by Gasteiger charge is 1.96. The summed E-state index contributed by atoms with van der Waals surface area (Å²) in [6.07, 6.45) is 0. The molecule has 0 spiro atoms. The molecule has 0 amide bonds. The Morgan fingerprint density at radius 2 is 1.78 bits per heavy atom. The largest absolute Gasteiger partial charge is 0.492 e. The van der Waals surface area contributed by atoms with Crippen LogP contribution < -0.4 is 10.1 Å². The van der Waals surface area contributed by atoms with E-state index in [1.165, 1.54) is 5.56 Å². The van der Waals surface area contributed by atoms with Gasteiger partial charge in [-0.3, -0.25) is 0 Å². The van der Waals surface area contributed by atoms with E-state index in [0.717, 1.165) is 22.5 Å². The predicted octanol–water partition coefficient (Wildman–Crippen LogP) is 4.25. The van der Waals surface area contributed by atoms with Gasteiger partial charge < -0.3 is 10.1 Å². The number of benzene rings is 2. The molecular weight excluding hydrogens is 290 g/mol. The average molecular weight is 306 g/mol. The van der Waals surface area contributed by atoms with Gasteiger partial charge in [0.05, 0.1) is 0 Å². The SMILES string of the molecule is Cc1ccccc1NCCOc1ccc(Br)cc1. The first kappa shape index (κ1) is 13.0. The highest BCUT2D eigenvalue weighted by Crippen LogP contribution is 2.16. The fourth-order valence-corrected chi connectivity index (χ4v) is 1.92. The number of rotatable bonds is 5. The van der Waals surface area contributed by atoms with Gasteiger partial charge in [-0.2, -0.15) is 0 Å². The van der Waals surface area contributed by atoms with E-state index in [-0.39, 0.29) is 0 Å². The maximum Gasteiger partial charge on any atom is 0.119 e. The van der Waals surface area contributed by atoms with Crippen molar-refractivity contribution < 1.29 is 4.74 Å². The van der Waals surface area contributed by atoms with Crippen LogP contribution in [-0.2, 0) is 0 Å². The quantitative estimate of drug-likeness (QED) is 0.834. The molecule has 2 aromatic rings. The molecule has 0 heterocycles. The van der Waals surface area contributed by atoms with E-state index < -0.39 is 0 Å². The minimum Gasteiger partial charge on any atom is -0.492 e. The Kier molecular flexibility index (Phi) is 4.65. The second kappa shape index (κ2) is 6.45. The van der Waals surface area contributed by atoms with Crippen molar-refractivity contribution in [1.29, 1.82) is 0 Å². The fourth-order valence-electron chi connectivity index (χ4n) is 1.66. The molecule has 0 radical (unpaired) electrons. The van der Waals surface area contributed by atoms with Crippen molar-refractivity contribution in [3.05, 3.63) is 58.6 Å². The number of hydrogen-bond acceptors (Lipinski definition) is 2. The van der Waals surface area contributed by atoms with Crippen molar-refractivity contribution in [2.24, 2.45) is 0 Å². The molecular formula is C15H16BrNO. The van der Waals surface area contributed by atoms with Crippen LogP contribution in [0.3, 0.4) is 0 Å². The normalized spacial score (nSPS) is 10.1. The van der Waals surface area contributed by atoms with E-state index in [0.29, 0.717) is 6.61 Å². The number of halogens is 1. The standard InChI is InChI=1S/C15H16BrNO/c1-12-4-2-3-5-15(12)17-10-11-18-14-8-6-13(16)7-9-14/h2-9,17H,10-11H2,1H3. The number of aryl methyl sites for hydroxylation is 1. The monoisotopic (exact) mass is 305 g/mol. The average Bonchev–Trinajstić information content (AvgIpc) is 2.39. The minimum atomic E-state index is 0.649. The Balaban J connectivity index is 1.76. The van der Waals surface area contributed by atoms with Crippen LogP contribution in [-0.4, -0.2) is 13.2 Å². The lowest BCUT2D eigenvalue weighted by atomic mass is 10.2. The first-order valence-corrected chi connectivity index (χ1v) is 6.73. The van der Waals surface area contributed by atoms with Crippen LogP contribution in [0.4, 0.5) is 5.69 Å². The van der Waals surface area contributed by atoms with Gasteiger partial charge in [-0.15, -0.1) is 0 Å². The zero-order chi connectivity index (χ0) is 12.8. The maximum absolute atomic E-state index is 5.64. The van der Waals surface area contributed by atoms with Crippen molar-refractivity contribution in [2.45, 2.75) is 6.92 Å². The van der Waals surface area contributed by atoms with Gasteiger partial charge in [0, 0.05) is 16.7 Å². The van der Waals surface area contributed by atoms with Crippen molar-refractivity contribution in [1.82, 2.24) is 0 Å². The van der Waals surface area contributed by atoms with E-state index in [2.05, 4.69) is 40.3 Å². The van der Waals surface area contributed by atoms with Crippen LogP contribution in [0.25, 0.3) is 0 Å². The van der Waals surface area contributed by atoms with Crippen molar-refractivity contribution in [3.63, 3.8) is 0 Å². The Morgan fingerprint density at radius 3 is 2.50 bits per heavy atom. The van der Waals surface area contributed by atoms with Gasteiger partial charge in [-0.1, -0.05) is 34.1 Å². The molecule has 18 heavy (non-hydrogen) atoms. The van der Waals surface area contributed by atoms with Crippen LogP contribution in [0, 0.1) is 6.92 Å². The zero-order valence-electron chi connectivity index (χ0n) is 10.3. The first-order chi connectivity index (χ1) is 8.75. The molecule has 0 unspecified atom stereocenters. The highest BCUT2D eigenvalue weighted by molar-refractivity contribution is 9.10. The van der Waals surface area contributed by atoms with Gasteiger partial charge in [0.15, 0.2) is 0 Å². The Hall–Kier alpha value is -1.48. The topological polar surface area (TPSA) is 21.3 Å². The second-order valence-electron chi connectivity index (χ2n) is 4.04. The lowest BCUT2D eigenvalue weighted by Crippen LogP contribution is -2.12. The Bertz CT molecular complexity index is 496. The molecule has 3 heteroatoms. The molecule has 0 bridgehead atoms. The van der Waals surface area contributed by atoms with E-state index in [1.54, 1.807) is 0 Å². The number of anilines is 1. The van der Waals surface area contributed by atoms with Crippen molar-refractivity contribution in [3.8, 4) is 5.75 Å². The summed E-state index contributed by atoms with van der Waals surface area (Å²) in [5.74, 6) is 0.893. The lowest BCUT2D eigenvalue weighted by Gasteiger charge is -2.10. The van der Waals surface area contributed by atoms with E-state index >= 15 is 0 Å². The van der Waals surface area contributed by atoms with Gasteiger partial charge in [0.2, 0.25) is 0 Å². The second-order valence-corrected chi connectivity index (χ2v) is 4.96. The minimum absolute atomic E-state index is 0.649. The summed E-state index contributed by atoms with van der Waals surface area (Å²) < 4.78 is 6.70. The third-order valence-corrected chi connectivity index (χ3v) is 3.17. The molecule has 0 saturated heterocycles. The molecule has 0 aromatic heterocycles. The summed E-state index contributed by atoms with van der Waals surface area (Å²) in [6, 6.07) is 16.1. The van der Waals surface area contributed by atoms with Gasteiger partial charge in [0.25, 0.3) is 0 Å². The summed E-state index contributed by atoms with van der Waals surface area (Å²) in [5, 5.41) is 3.36. The zero-order valence-corrected chi connectivity index (χ0v) is 11.9. The number of hydrogen-bond donors (Lipinski definition) is 1. The summed E-state index contributed by atoms with van der Waals surface area (Å²) in [6.45, 7) is 3.54. The summed E-state index contributed by atoms with van der Waals surface area (Å²) >= 11 is 3.40. The van der Waals surface area contributed by atoms with Crippen molar-refractivity contribution >= 4 is 21.6 Å². The van der Waals surface area contributed by atoms with Crippen LogP contribution in [0.15, 0.2) is 53.0 Å². The number of nitrogens with one attached hydrogen (secondary N) is 1. The maximum atomic E-state index is 5.64. The smallest absolute Gasteiger partial charge is 0.119 e. The predicted molar refractivity (Wildman–Crippen MR) is 79.3 cm³/mol. The Morgan fingerprint density at radius 1 is 1.06 bits per heavy atom. The van der Waals surface area contributed by atoms with Crippen LogP contribution in [0.1, 0.15) is 5.56 Å². The fraction of sp³-hybridized carbons (Fsp3) is 0.200. The third kappa shape index (κ3) is 3.77. The first-order valence-electron chi connectivity index (χ1n) is 5.93. The van der Waals surface area contributed by atoms with Crippen molar-refractivity contribution in [2.75, 3.05) is 18.5 Å². The molecule has 0 fully saturated rings. The highest BCUT2D eigenvalue weighted by atomic mass is 79.9. The number of ether oxygens (including phenoxy) is 1. The van der Waals surface area contributed by atoms with Gasteiger partial charge in [0.1, 0.15) is 12.4 Å². The molecule has 2 aromatic carbocycles. The van der Waals surface area contributed by atoms with Crippen LogP contribution in [0.2, 0.25) is 0 Å². The molecule has 0 aliphatic heterocycles. The van der Waals surface area contributed by atoms with Gasteiger partial charge in [-0.05, 0) is 42.8 Å². The molecule has 94 valence electrons. The van der Waals surface area contributed by atoms with E-state index in [9.17, 15) is 0 Å². The van der Waals surface area contributed by atoms with Gasteiger partial charge in [-0.25, -0.2) is 0 Å². The molecule has 0 aliphatic carbocycles. The molecule has 0 atom stereocenters. The molecule has 1 N–H and O–H groups in total. The lowest BCUT2D eigenvalue weighted by molar-refractivity contribution is 0.333. The van der Waals surface area contributed by atoms with E-state index in [4.69, 9.17) is 4.74 Å². The molecule has 2 rings (SSSR count). The van der Waals surface area contributed by atoms with Gasteiger partial charge >= 0.3 is 0 Å². The molecule has 2 nitrogen and oxygen atoms in total. The molecule has 0 aliphatic rings. The number of para-hydroxylation sites is 1. The van der Waals surface area contributed by atoms with Crippen LogP contribution >= 0.6 is 15.9 Å². The summed E-state index contributed by atoms with van der Waals surface area (Å²) in [4.78, 5) is 0. The molecule has 0 saturated carbocycles. The Labute approximate surface area is 116 Å². The summed E-state index contributed by atoms with van der Waals surface area (Å²) in [5.41, 5.74) is 2.41. The van der Waals surface area contributed by atoms with E-state index in [1.807, 2.05) is 36.4 Å².